The van der Waals surface area contributed by atoms with Crippen LogP contribution in [0.2, 0.25) is 0 Å². The Labute approximate surface area is 100 Å². The van der Waals surface area contributed by atoms with Crippen molar-refractivity contribution in [2.45, 2.75) is 6.54 Å². The Morgan fingerprint density at radius 1 is 1.47 bits per heavy atom. The molecule has 4 nitrogen and oxygen atoms in total. The Bertz CT molecular complexity index is 431. The monoisotopic (exact) mass is 284 g/mol. The second-order valence-corrected chi connectivity index (χ2v) is 4.60. The van der Waals surface area contributed by atoms with Gasteiger partial charge in [-0.2, -0.15) is 0 Å². The van der Waals surface area contributed by atoms with Gasteiger partial charge in [0.05, 0.1) is 22.2 Å². The van der Waals surface area contributed by atoms with Crippen molar-refractivity contribution < 1.29 is 0 Å². The first-order valence-corrected chi connectivity index (χ1v) is 6.04. The molecular formula is C9H9BrN4S. The Morgan fingerprint density at radius 3 is 3.00 bits per heavy atom. The van der Waals surface area contributed by atoms with Gasteiger partial charge in [0.1, 0.15) is 12.1 Å². The van der Waals surface area contributed by atoms with Crippen LogP contribution in [0.1, 0.15) is 5.69 Å². The van der Waals surface area contributed by atoms with E-state index in [1.54, 1.807) is 17.5 Å². The van der Waals surface area contributed by atoms with Crippen molar-refractivity contribution in [3.05, 3.63) is 33.6 Å². The molecule has 2 aromatic rings. The number of nitrogens with zero attached hydrogens (tertiary/aromatic N) is 4. The minimum Gasteiger partial charge on any atom is -0.353 e. The Hall–Kier alpha value is -1.01. The van der Waals surface area contributed by atoms with E-state index in [1.807, 2.05) is 22.8 Å². The zero-order valence-corrected chi connectivity index (χ0v) is 10.5. The maximum absolute atomic E-state index is 4.23. The molecule has 78 valence electrons. The normalized spacial score (nSPS) is 10.3. The number of halogens is 1. The predicted octanol–water partition coefficient (Wildman–Crippen LogP) is 2.33. The van der Waals surface area contributed by atoms with Crippen LogP contribution in [0.4, 0.5) is 5.82 Å². The van der Waals surface area contributed by atoms with Crippen LogP contribution in [-0.4, -0.2) is 22.0 Å². The molecule has 0 spiro atoms. The van der Waals surface area contributed by atoms with Crippen molar-refractivity contribution in [2.75, 3.05) is 11.9 Å². The molecule has 0 aliphatic heterocycles. The van der Waals surface area contributed by atoms with Gasteiger partial charge >= 0.3 is 0 Å². The second kappa shape index (κ2) is 4.67. The number of thiazole rings is 1. The molecule has 0 bridgehead atoms. The standard InChI is InChI=1S/C9H9BrN4S/c1-14(3-7-4-15-6-13-7)9-8(10)2-11-5-12-9/h2,4-6H,3H2,1H3. The molecule has 0 aromatic carbocycles. The minimum atomic E-state index is 0.749. The van der Waals surface area contributed by atoms with Crippen molar-refractivity contribution in [3.63, 3.8) is 0 Å². The summed E-state index contributed by atoms with van der Waals surface area (Å²) >= 11 is 5.02. The van der Waals surface area contributed by atoms with Gasteiger partial charge in [-0.25, -0.2) is 15.0 Å². The Morgan fingerprint density at radius 2 is 2.33 bits per heavy atom. The predicted molar refractivity (Wildman–Crippen MR) is 64.0 cm³/mol. The molecule has 6 heteroatoms. The van der Waals surface area contributed by atoms with E-state index in [0.717, 1.165) is 22.5 Å². The number of hydrogen-bond donors (Lipinski definition) is 0. The zero-order chi connectivity index (χ0) is 10.7. The van der Waals surface area contributed by atoms with E-state index >= 15 is 0 Å². The molecule has 0 amide bonds. The van der Waals surface area contributed by atoms with E-state index in [1.165, 1.54) is 6.33 Å². The van der Waals surface area contributed by atoms with Crippen LogP contribution in [0.15, 0.2) is 27.9 Å². The summed E-state index contributed by atoms with van der Waals surface area (Å²) in [6, 6.07) is 0. The molecule has 0 saturated carbocycles. The highest BCUT2D eigenvalue weighted by molar-refractivity contribution is 9.10. The first-order valence-electron chi connectivity index (χ1n) is 4.31. The van der Waals surface area contributed by atoms with Crippen LogP contribution in [0.25, 0.3) is 0 Å². The zero-order valence-electron chi connectivity index (χ0n) is 8.09. The SMILES string of the molecule is CN(Cc1cscn1)c1ncncc1Br. The van der Waals surface area contributed by atoms with Crippen molar-refractivity contribution >= 4 is 33.1 Å². The smallest absolute Gasteiger partial charge is 0.146 e. The quantitative estimate of drug-likeness (QED) is 0.868. The van der Waals surface area contributed by atoms with Gasteiger partial charge in [0, 0.05) is 18.6 Å². The van der Waals surface area contributed by atoms with Crippen LogP contribution in [0.5, 0.6) is 0 Å². The van der Waals surface area contributed by atoms with Crippen LogP contribution in [0, 0.1) is 0 Å². The van der Waals surface area contributed by atoms with Gasteiger partial charge in [-0.15, -0.1) is 11.3 Å². The van der Waals surface area contributed by atoms with E-state index in [2.05, 4.69) is 30.9 Å². The van der Waals surface area contributed by atoms with E-state index in [4.69, 9.17) is 0 Å². The summed E-state index contributed by atoms with van der Waals surface area (Å²) in [7, 11) is 1.98. The van der Waals surface area contributed by atoms with E-state index in [0.29, 0.717) is 0 Å². The third kappa shape index (κ3) is 2.51. The summed E-state index contributed by atoms with van der Waals surface area (Å²) in [5, 5.41) is 2.03. The third-order valence-electron chi connectivity index (χ3n) is 1.89. The molecule has 0 fully saturated rings. The molecular weight excluding hydrogens is 276 g/mol. The lowest BCUT2D eigenvalue weighted by Gasteiger charge is -2.17. The average Bonchev–Trinajstić information content (AvgIpc) is 2.71. The third-order valence-corrected chi connectivity index (χ3v) is 3.09. The fourth-order valence-electron chi connectivity index (χ4n) is 1.22. The maximum Gasteiger partial charge on any atom is 0.146 e. The molecule has 0 aliphatic rings. The van der Waals surface area contributed by atoms with Gasteiger partial charge in [-0.3, -0.25) is 0 Å². The molecule has 0 N–H and O–H groups in total. The lowest BCUT2D eigenvalue weighted by molar-refractivity contribution is 0.864. The first-order chi connectivity index (χ1) is 7.27. The molecule has 0 unspecified atom stereocenters. The molecule has 2 heterocycles. The average molecular weight is 285 g/mol. The highest BCUT2D eigenvalue weighted by Gasteiger charge is 2.08. The topological polar surface area (TPSA) is 41.9 Å². The highest BCUT2D eigenvalue weighted by atomic mass is 79.9. The number of hydrogen-bond acceptors (Lipinski definition) is 5. The van der Waals surface area contributed by atoms with Gasteiger partial charge in [-0.1, -0.05) is 0 Å². The molecule has 0 radical (unpaired) electrons. The largest absolute Gasteiger partial charge is 0.353 e. The molecule has 0 saturated heterocycles. The lowest BCUT2D eigenvalue weighted by Crippen LogP contribution is -2.18. The van der Waals surface area contributed by atoms with Gasteiger partial charge in [0.25, 0.3) is 0 Å². The summed E-state index contributed by atoms with van der Waals surface area (Å²) in [5.74, 6) is 0.873. The fraction of sp³-hybridized carbons (Fsp3) is 0.222. The van der Waals surface area contributed by atoms with Gasteiger partial charge < -0.3 is 4.90 Å². The number of rotatable bonds is 3. The van der Waals surface area contributed by atoms with Crippen molar-refractivity contribution in [2.24, 2.45) is 0 Å². The summed E-state index contributed by atoms with van der Waals surface area (Å²) < 4.78 is 0.891. The molecule has 0 atom stereocenters. The molecule has 0 aliphatic carbocycles. The first kappa shape index (κ1) is 10.5. The van der Waals surface area contributed by atoms with Crippen LogP contribution >= 0.6 is 27.3 Å². The molecule has 2 rings (SSSR count). The van der Waals surface area contributed by atoms with E-state index < -0.39 is 0 Å². The van der Waals surface area contributed by atoms with Crippen molar-refractivity contribution in [3.8, 4) is 0 Å². The Kier molecular flexibility index (Phi) is 3.27. The molecule has 2 aromatic heterocycles. The number of anilines is 1. The van der Waals surface area contributed by atoms with E-state index in [-0.39, 0.29) is 0 Å². The molecule has 15 heavy (non-hydrogen) atoms. The highest BCUT2D eigenvalue weighted by Crippen LogP contribution is 2.22. The number of aromatic nitrogens is 3. The lowest BCUT2D eigenvalue weighted by atomic mass is 10.4. The maximum atomic E-state index is 4.23. The Balaban J connectivity index is 2.15. The van der Waals surface area contributed by atoms with Crippen molar-refractivity contribution in [1.82, 2.24) is 15.0 Å². The van der Waals surface area contributed by atoms with Gasteiger partial charge in [0.2, 0.25) is 0 Å². The fourth-order valence-corrected chi connectivity index (χ4v) is 2.29. The summed E-state index contributed by atoms with van der Waals surface area (Å²) in [4.78, 5) is 14.4. The van der Waals surface area contributed by atoms with E-state index in [9.17, 15) is 0 Å². The van der Waals surface area contributed by atoms with Gasteiger partial charge in [-0.05, 0) is 15.9 Å². The summed E-state index contributed by atoms with van der Waals surface area (Å²) in [6.45, 7) is 0.749. The van der Waals surface area contributed by atoms with Gasteiger partial charge in [0.15, 0.2) is 0 Å². The van der Waals surface area contributed by atoms with Crippen LogP contribution < -0.4 is 4.90 Å². The van der Waals surface area contributed by atoms with Crippen molar-refractivity contribution in [1.29, 1.82) is 0 Å². The summed E-state index contributed by atoms with van der Waals surface area (Å²) in [5.41, 5.74) is 2.88. The minimum absolute atomic E-state index is 0.749. The van der Waals surface area contributed by atoms with Crippen LogP contribution in [-0.2, 0) is 6.54 Å². The van der Waals surface area contributed by atoms with Crippen LogP contribution in [0.3, 0.4) is 0 Å². The summed E-state index contributed by atoms with van der Waals surface area (Å²) in [6.07, 6.45) is 3.28. The second-order valence-electron chi connectivity index (χ2n) is 3.03.